The van der Waals surface area contributed by atoms with Crippen LogP contribution in [0.5, 0.6) is 0 Å². The predicted molar refractivity (Wildman–Crippen MR) is 94.2 cm³/mol. The fourth-order valence-corrected chi connectivity index (χ4v) is 4.81. The number of rotatable bonds is 4. The molecular formula is C19H28N4O2. The van der Waals surface area contributed by atoms with Gasteiger partial charge in [0.05, 0.1) is 6.61 Å². The summed E-state index contributed by atoms with van der Waals surface area (Å²) in [5.41, 5.74) is 0.305. The Morgan fingerprint density at radius 1 is 1.28 bits per heavy atom. The maximum Gasteiger partial charge on any atom is 0.291 e. The largest absolute Gasteiger partial charge is 0.384 e. The number of likely N-dealkylation sites (tertiary alicyclic amines) is 2. The lowest BCUT2D eigenvalue weighted by molar-refractivity contribution is 0.0306. The molecule has 25 heavy (non-hydrogen) atoms. The number of carbonyl (C=O) groups is 1. The molecule has 0 bridgehead atoms. The predicted octanol–water partition coefficient (Wildman–Crippen LogP) is 1.83. The van der Waals surface area contributed by atoms with Gasteiger partial charge in [-0.15, -0.1) is 0 Å². The molecule has 1 amide bonds. The van der Waals surface area contributed by atoms with Gasteiger partial charge in [-0.05, 0) is 37.2 Å². The number of nitrogens with zero attached hydrogens (tertiary/aromatic N) is 4. The van der Waals surface area contributed by atoms with Crippen molar-refractivity contribution >= 4 is 5.91 Å². The minimum atomic E-state index is -0.0346. The fraction of sp³-hybridized carbons (Fsp3) is 0.737. The van der Waals surface area contributed by atoms with E-state index in [0.29, 0.717) is 17.2 Å². The van der Waals surface area contributed by atoms with Crippen LogP contribution in [0.3, 0.4) is 0 Å². The first-order chi connectivity index (χ1) is 12.2. The summed E-state index contributed by atoms with van der Waals surface area (Å²) in [5.74, 6) is 0.866. The molecule has 3 fully saturated rings. The van der Waals surface area contributed by atoms with Crippen LogP contribution in [-0.4, -0.2) is 71.6 Å². The second kappa shape index (κ2) is 7.00. The van der Waals surface area contributed by atoms with Crippen molar-refractivity contribution < 1.29 is 9.53 Å². The van der Waals surface area contributed by atoms with Crippen molar-refractivity contribution in [3.05, 3.63) is 24.3 Å². The van der Waals surface area contributed by atoms with Gasteiger partial charge in [0, 0.05) is 57.6 Å². The topological polar surface area (TPSA) is 58.6 Å². The SMILES string of the molecule is COCC1CN(C2CCC2)CC12CCN(C(=O)c1ncccn1)CC2. The van der Waals surface area contributed by atoms with E-state index in [-0.39, 0.29) is 5.91 Å². The highest BCUT2D eigenvalue weighted by Crippen LogP contribution is 2.47. The summed E-state index contributed by atoms with van der Waals surface area (Å²) < 4.78 is 5.55. The van der Waals surface area contributed by atoms with Gasteiger partial charge < -0.3 is 9.64 Å². The van der Waals surface area contributed by atoms with Crippen molar-refractivity contribution in [3.8, 4) is 0 Å². The van der Waals surface area contributed by atoms with Crippen LogP contribution < -0.4 is 0 Å². The summed E-state index contributed by atoms with van der Waals surface area (Å²) in [6.07, 6.45) is 9.47. The average molecular weight is 344 g/mol. The van der Waals surface area contributed by atoms with Crippen LogP contribution in [0.4, 0.5) is 0 Å². The zero-order chi connectivity index (χ0) is 17.3. The third-order valence-electron chi connectivity index (χ3n) is 6.60. The Balaban J connectivity index is 1.42. The van der Waals surface area contributed by atoms with E-state index in [9.17, 15) is 4.79 Å². The minimum absolute atomic E-state index is 0.0346. The van der Waals surface area contributed by atoms with Crippen LogP contribution in [0.2, 0.25) is 0 Å². The number of hydrogen-bond donors (Lipinski definition) is 0. The molecule has 2 aliphatic heterocycles. The molecule has 6 nitrogen and oxygen atoms in total. The van der Waals surface area contributed by atoms with E-state index in [4.69, 9.17) is 4.74 Å². The van der Waals surface area contributed by atoms with Gasteiger partial charge in [-0.1, -0.05) is 6.42 Å². The Labute approximate surface area is 149 Å². The Bertz CT molecular complexity index is 597. The molecule has 1 aromatic heterocycles. The third kappa shape index (κ3) is 3.17. The molecule has 1 aliphatic carbocycles. The molecule has 2 saturated heterocycles. The van der Waals surface area contributed by atoms with Crippen LogP contribution >= 0.6 is 0 Å². The van der Waals surface area contributed by atoms with Crippen molar-refractivity contribution in [2.24, 2.45) is 11.3 Å². The summed E-state index contributed by atoms with van der Waals surface area (Å²) in [4.78, 5) is 25.5. The molecule has 3 heterocycles. The van der Waals surface area contributed by atoms with E-state index in [1.54, 1.807) is 18.5 Å². The first-order valence-electron chi connectivity index (χ1n) is 9.51. The van der Waals surface area contributed by atoms with E-state index in [1.807, 2.05) is 12.0 Å². The van der Waals surface area contributed by atoms with Crippen LogP contribution in [0.1, 0.15) is 42.7 Å². The standard InChI is InChI=1S/C19H28N4O2/c1-25-13-15-12-23(16-4-2-5-16)14-19(15)6-10-22(11-7-19)18(24)17-20-8-3-9-21-17/h3,8-9,15-16H,2,4-7,10-14H2,1H3. The molecule has 0 radical (unpaired) electrons. The molecule has 1 saturated carbocycles. The number of carbonyl (C=O) groups excluding carboxylic acids is 1. The number of ether oxygens (including phenoxy) is 1. The summed E-state index contributed by atoms with van der Waals surface area (Å²) in [6, 6.07) is 2.53. The number of piperidine rings is 1. The zero-order valence-electron chi connectivity index (χ0n) is 15.1. The lowest BCUT2D eigenvalue weighted by atomic mass is 9.71. The molecule has 1 spiro atoms. The van der Waals surface area contributed by atoms with Gasteiger partial charge in [0.25, 0.3) is 5.91 Å². The number of amides is 1. The number of aromatic nitrogens is 2. The smallest absolute Gasteiger partial charge is 0.291 e. The van der Waals surface area contributed by atoms with Crippen molar-refractivity contribution in [1.29, 1.82) is 0 Å². The van der Waals surface area contributed by atoms with Crippen molar-refractivity contribution in [1.82, 2.24) is 19.8 Å². The summed E-state index contributed by atoms with van der Waals surface area (Å²) in [5, 5.41) is 0. The van der Waals surface area contributed by atoms with Crippen LogP contribution in [0.25, 0.3) is 0 Å². The summed E-state index contributed by atoms with van der Waals surface area (Å²) in [7, 11) is 1.81. The maximum atomic E-state index is 12.6. The first kappa shape index (κ1) is 16.9. The second-order valence-electron chi connectivity index (χ2n) is 7.89. The van der Waals surface area contributed by atoms with Crippen LogP contribution in [0, 0.1) is 11.3 Å². The zero-order valence-corrected chi connectivity index (χ0v) is 15.1. The molecule has 136 valence electrons. The Hall–Kier alpha value is -1.53. The quantitative estimate of drug-likeness (QED) is 0.834. The maximum absolute atomic E-state index is 12.6. The molecule has 6 heteroatoms. The molecule has 4 rings (SSSR count). The van der Waals surface area contributed by atoms with Gasteiger partial charge in [0.1, 0.15) is 0 Å². The van der Waals surface area contributed by atoms with E-state index < -0.39 is 0 Å². The highest BCUT2D eigenvalue weighted by molar-refractivity contribution is 5.90. The normalized spacial score (nSPS) is 26.8. The van der Waals surface area contributed by atoms with Gasteiger partial charge in [-0.3, -0.25) is 9.69 Å². The average Bonchev–Trinajstić information content (AvgIpc) is 2.92. The molecule has 3 aliphatic rings. The van der Waals surface area contributed by atoms with E-state index in [2.05, 4.69) is 14.9 Å². The molecular weight excluding hydrogens is 316 g/mol. The van der Waals surface area contributed by atoms with E-state index >= 15 is 0 Å². The fourth-order valence-electron chi connectivity index (χ4n) is 4.81. The monoisotopic (exact) mass is 344 g/mol. The minimum Gasteiger partial charge on any atom is -0.384 e. The number of methoxy groups -OCH3 is 1. The highest BCUT2D eigenvalue weighted by Gasteiger charge is 2.50. The highest BCUT2D eigenvalue weighted by atomic mass is 16.5. The van der Waals surface area contributed by atoms with Gasteiger partial charge in [0.15, 0.2) is 0 Å². The summed E-state index contributed by atoms with van der Waals surface area (Å²) in [6.45, 7) is 4.77. The van der Waals surface area contributed by atoms with Crippen LogP contribution in [0.15, 0.2) is 18.5 Å². The van der Waals surface area contributed by atoms with Crippen molar-refractivity contribution in [2.45, 2.75) is 38.1 Å². The van der Waals surface area contributed by atoms with Gasteiger partial charge >= 0.3 is 0 Å². The first-order valence-corrected chi connectivity index (χ1v) is 9.51. The summed E-state index contributed by atoms with van der Waals surface area (Å²) >= 11 is 0. The number of hydrogen-bond acceptors (Lipinski definition) is 5. The van der Waals surface area contributed by atoms with E-state index in [1.165, 1.54) is 25.8 Å². The van der Waals surface area contributed by atoms with Crippen molar-refractivity contribution in [2.75, 3.05) is 39.9 Å². The van der Waals surface area contributed by atoms with Gasteiger partial charge in [0.2, 0.25) is 5.82 Å². The molecule has 0 aromatic carbocycles. The Morgan fingerprint density at radius 3 is 2.60 bits per heavy atom. The lowest BCUT2D eigenvalue weighted by Gasteiger charge is -2.43. The Kier molecular flexibility index (Phi) is 4.73. The Morgan fingerprint density at radius 2 is 2.00 bits per heavy atom. The molecule has 0 N–H and O–H groups in total. The van der Waals surface area contributed by atoms with Crippen LogP contribution in [-0.2, 0) is 4.74 Å². The van der Waals surface area contributed by atoms with Gasteiger partial charge in [-0.2, -0.15) is 0 Å². The molecule has 1 unspecified atom stereocenters. The van der Waals surface area contributed by atoms with E-state index in [0.717, 1.165) is 45.1 Å². The second-order valence-corrected chi connectivity index (χ2v) is 7.89. The molecule has 1 atom stereocenters. The lowest BCUT2D eigenvalue weighted by Crippen LogP contribution is -2.48. The van der Waals surface area contributed by atoms with Gasteiger partial charge in [-0.25, -0.2) is 9.97 Å². The third-order valence-corrected chi connectivity index (χ3v) is 6.60. The molecule has 1 aromatic rings. The van der Waals surface area contributed by atoms with Crippen molar-refractivity contribution in [3.63, 3.8) is 0 Å².